The van der Waals surface area contributed by atoms with Crippen LogP contribution in [-0.4, -0.2) is 6.61 Å². The number of halogens is 3. The third-order valence-corrected chi connectivity index (χ3v) is 4.77. The van der Waals surface area contributed by atoms with E-state index in [0.29, 0.717) is 11.6 Å². The van der Waals surface area contributed by atoms with Crippen molar-refractivity contribution in [3.8, 4) is 5.75 Å². The molecule has 0 saturated heterocycles. The first-order valence-corrected chi connectivity index (χ1v) is 8.12. The van der Waals surface area contributed by atoms with Gasteiger partial charge in [-0.1, -0.05) is 23.7 Å². The van der Waals surface area contributed by atoms with Gasteiger partial charge in [-0.25, -0.2) is 0 Å². The third-order valence-electron chi connectivity index (χ3n) is 2.92. The summed E-state index contributed by atoms with van der Waals surface area (Å²) in [7, 11) is 0. The van der Waals surface area contributed by atoms with Crippen molar-refractivity contribution in [2.75, 3.05) is 6.61 Å². The molecule has 0 aliphatic rings. The Hall–Kier alpha value is -0.550. The molecular formula is C15H14Br2ClNO. The van der Waals surface area contributed by atoms with Gasteiger partial charge in [-0.2, -0.15) is 0 Å². The molecule has 0 spiro atoms. The summed E-state index contributed by atoms with van der Waals surface area (Å²) in [5.74, 6) is 0.817. The minimum Gasteiger partial charge on any atom is -0.493 e. The summed E-state index contributed by atoms with van der Waals surface area (Å²) in [6, 6.07) is 11.4. The number of hydrogen-bond acceptors (Lipinski definition) is 2. The summed E-state index contributed by atoms with van der Waals surface area (Å²) >= 11 is 13.0. The number of nitrogens with two attached hydrogens (primary N) is 1. The minimum atomic E-state index is -0.229. The van der Waals surface area contributed by atoms with Crippen LogP contribution in [0.5, 0.6) is 5.75 Å². The topological polar surface area (TPSA) is 35.2 Å². The molecule has 1 atom stereocenters. The van der Waals surface area contributed by atoms with E-state index >= 15 is 0 Å². The standard InChI is InChI=1S/C15H14Br2ClNO/c1-2-20-14-6-4-9(7-12(14)17)15(19)10-3-5-11(16)13(18)8-10/h3-8,15H,2,19H2,1H3. The van der Waals surface area contributed by atoms with E-state index in [1.165, 1.54) is 0 Å². The van der Waals surface area contributed by atoms with Crippen LogP contribution < -0.4 is 10.5 Å². The van der Waals surface area contributed by atoms with E-state index in [1.54, 1.807) is 0 Å². The first-order chi connectivity index (χ1) is 9.52. The van der Waals surface area contributed by atoms with Crippen LogP contribution in [0.15, 0.2) is 45.3 Å². The van der Waals surface area contributed by atoms with Crippen LogP contribution >= 0.6 is 43.5 Å². The minimum absolute atomic E-state index is 0.229. The Labute approximate surface area is 140 Å². The van der Waals surface area contributed by atoms with Crippen molar-refractivity contribution in [2.24, 2.45) is 5.73 Å². The number of hydrogen-bond donors (Lipinski definition) is 1. The van der Waals surface area contributed by atoms with E-state index in [0.717, 1.165) is 25.8 Å². The quantitative estimate of drug-likeness (QED) is 0.729. The van der Waals surface area contributed by atoms with Gasteiger partial charge in [-0.05, 0) is 74.2 Å². The predicted octanol–water partition coefficient (Wildman–Crippen LogP) is 5.31. The van der Waals surface area contributed by atoms with Gasteiger partial charge >= 0.3 is 0 Å². The summed E-state index contributed by atoms with van der Waals surface area (Å²) < 4.78 is 7.26. The monoisotopic (exact) mass is 417 g/mol. The zero-order valence-corrected chi connectivity index (χ0v) is 14.8. The predicted molar refractivity (Wildman–Crippen MR) is 90.5 cm³/mol. The Morgan fingerprint density at radius 3 is 2.35 bits per heavy atom. The molecule has 2 aromatic carbocycles. The van der Waals surface area contributed by atoms with Gasteiger partial charge in [-0.15, -0.1) is 0 Å². The smallest absolute Gasteiger partial charge is 0.133 e. The third kappa shape index (κ3) is 3.55. The molecule has 0 aliphatic carbocycles. The zero-order chi connectivity index (χ0) is 14.7. The van der Waals surface area contributed by atoms with Crippen LogP contribution in [0, 0.1) is 0 Å². The van der Waals surface area contributed by atoms with Crippen LogP contribution in [0.3, 0.4) is 0 Å². The summed E-state index contributed by atoms with van der Waals surface area (Å²) in [6.07, 6.45) is 0. The molecule has 2 N–H and O–H groups in total. The molecule has 20 heavy (non-hydrogen) atoms. The molecule has 5 heteroatoms. The molecule has 106 valence electrons. The molecule has 2 rings (SSSR count). The van der Waals surface area contributed by atoms with Crippen LogP contribution in [0.25, 0.3) is 0 Å². The van der Waals surface area contributed by atoms with Gasteiger partial charge in [0.05, 0.1) is 22.1 Å². The molecule has 2 aromatic rings. The van der Waals surface area contributed by atoms with E-state index in [1.807, 2.05) is 43.3 Å². The molecule has 1 unspecified atom stereocenters. The average molecular weight is 420 g/mol. The van der Waals surface area contributed by atoms with Crippen molar-refractivity contribution in [1.29, 1.82) is 0 Å². The fourth-order valence-electron chi connectivity index (χ4n) is 1.88. The molecule has 0 heterocycles. The van der Waals surface area contributed by atoms with Crippen molar-refractivity contribution in [2.45, 2.75) is 13.0 Å². The second kappa shape index (κ2) is 6.94. The van der Waals surface area contributed by atoms with Crippen molar-refractivity contribution < 1.29 is 4.74 Å². The lowest BCUT2D eigenvalue weighted by Crippen LogP contribution is -2.12. The SMILES string of the molecule is CCOc1ccc(C(N)c2ccc(Br)c(Cl)c2)cc1Br. The van der Waals surface area contributed by atoms with E-state index in [4.69, 9.17) is 22.1 Å². The number of rotatable bonds is 4. The lowest BCUT2D eigenvalue weighted by molar-refractivity contribution is 0.338. The van der Waals surface area contributed by atoms with Crippen molar-refractivity contribution in [1.82, 2.24) is 0 Å². The first kappa shape index (κ1) is 15.8. The molecule has 2 nitrogen and oxygen atoms in total. The van der Waals surface area contributed by atoms with E-state index in [2.05, 4.69) is 31.9 Å². The Bertz CT molecular complexity index is 619. The Morgan fingerprint density at radius 1 is 1.10 bits per heavy atom. The highest BCUT2D eigenvalue weighted by Gasteiger charge is 2.12. The van der Waals surface area contributed by atoms with E-state index < -0.39 is 0 Å². The maximum atomic E-state index is 6.29. The second-order valence-electron chi connectivity index (χ2n) is 4.27. The highest BCUT2D eigenvalue weighted by molar-refractivity contribution is 9.10. The van der Waals surface area contributed by atoms with E-state index in [9.17, 15) is 0 Å². The van der Waals surface area contributed by atoms with Gasteiger partial charge in [0.25, 0.3) is 0 Å². The largest absolute Gasteiger partial charge is 0.493 e. The first-order valence-electron chi connectivity index (χ1n) is 6.15. The van der Waals surface area contributed by atoms with Gasteiger partial charge in [0.1, 0.15) is 5.75 Å². The highest BCUT2D eigenvalue weighted by atomic mass is 79.9. The molecule has 0 fully saturated rings. The molecule has 0 bridgehead atoms. The maximum Gasteiger partial charge on any atom is 0.133 e. The van der Waals surface area contributed by atoms with Crippen LogP contribution in [0.2, 0.25) is 5.02 Å². The maximum absolute atomic E-state index is 6.29. The van der Waals surface area contributed by atoms with Crippen LogP contribution in [0.1, 0.15) is 24.1 Å². The van der Waals surface area contributed by atoms with Gasteiger partial charge in [0.15, 0.2) is 0 Å². The summed E-state index contributed by atoms with van der Waals surface area (Å²) in [5, 5.41) is 0.656. The second-order valence-corrected chi connectivity index (χ2v) is 6.39. The average Bonchev–Trinajstić information content (AvgIpc) is 2.43. The van der Waals surface area contributed by atoms with Crippen LogP contribution in [0.4, 0.5) is 0 Å². The van der Waals surface area contributed by atoms with Gasteiger partial charge in [0.2, 0.25) is 0 Å². The fourth-order valence-corrected chi connectivity index (χ4v) is 2.83. The molecular weight excluding hydrogens is 405 g/mol. The Balaban J connectivity index is 2.30. The molecule has 0 aliphatic heterocycles. The summed E-state index contributed by atoms with van der Waals surface area (Å²) in [4.78, 5) is 0. The Morgan fingerprint density at radius 2 is 1.75 bits per heavy atom. The van der Waals surface area contributed by atoms with Crippen molar-refractivity contribution >= 4 is 43.5 Å². The Kier molecular flexibility index (Phi) is 5.49. The highest BCUT2D eigenvalue weighted by Crippen LogP contribution is 2.32. The summed E-state index contributed by atoms with van der Waals surface area (Å²) in [5.41, 5.74) is 8.26. The van der Waals surface area contributed by atoms with Gasteiger partial charge in [-0.3, -0.25) is 0 Å². The van der Waals surface area contributed by atoms with Gasteiger partial charge in [0, 0.05) is 4.47 Å². The van der Waals surface area contributed by atoms with Crippen LogP contribution in [-0.2, 0) is 0 Å². The fraction of sp³-hybridized carbons (Fsp3) is 0.200. The van der Waals surface area contributed by atoms with E-state index in [-0.39, 0.29) is 6.04 Å². The lowest BCUT2D eigenvalue weighted by Gasteiger charge is -2.15. The zero-order valence-electron chi connectivity index (χ0n) is 10.9. The normalized spacial score (nSPS) is 12.2. The lowest BCUT2D eigenvalue weighted by atomic mass is 10.00. The van der Waals surface area contributed by atoms with Crippen molar-refractivity contribution in [3.05, 3.63) is 61.5 Å². The van der Waals surface area contributed by atoms with Gasteiger partial charge < -0.3 is 10.5 Å². The number of benzene rings is 2. The molecule has 0 aromatic heterocycles. The molecule has 0 saturated carbocycles. The molecule has 0 radical (unpaired) electrons. The van der Waals surface area contributed by atoms with Crippen molar-refractivity contribution in [3.63, 3.8) is 0 Å². The number of ether oxygens (including phenoxy) is 1. The molecule has 0 amide bonds. The summed E-state index contributed by atoms with van der Waals surface area (Å²) in [6.45, 7) is 2.59.